The van der Waals surface area contributed by atoms with Gasteiger partial charge < -0.3 is 9.13 Å². The Bertz CT molecular complexity index is 2420. The number of benzene rings is 6. The van der Waals surface area contributed by atoms with Gasteiger partial charge in [-0.3, -0.25) is 10.0 Å². The molecule has 0 spiro atoms. The van der Waals surface area contributed by atoms with Gasteiger partial charge in [-0.2, -0.15) is 10.2 Å². The van der Waals surface area contributed by atoms with E-state index in [1.165, 1.54) is 69.3 Å². The van der Waals surface area contributed by atoms with E-state index in [4.69, 9.17) is 10.2 Å². The largest absolute Gasteiger partial charge is 0.340 e. The Labute approximate surface area is 337 Å². The summed E-state index contributed by atoms with van der Waals surface area (Å²) < 4.78 is 4.95. The van der Waals surface area contributed by atoms with E-state index < -0.39 is 0 Å². The molecular weight excluding hydrogens is 697 g/mol. The summed E-state index contributed by atoms with van der Waals surface area (Å²) in [6.07, 6.45) is 11.8. The first-order valence-electron chi connectivity index (χ1n) is 21.0. The first kappa shape index (κ1) is 37.8. The van der Waals surface area contributed by atoms with E-state index in [0.717, 1.165) is 67.9 Å². The molecule has 6 aromatic carbocycles. The van der Waals surface area contributed by atoms with Gasteiger partial charge in [0.1, 0.15) is 0 Å². The Morgan fingerprint density at radius 3 is 1.26 bits per heavy atom. The SMILES string of the molecule is CCCCn1c2ccccc2c2cc(/C=N/N(CCCCCN(/N=C/c3ccc4c(c3)c3ccccc3n4CCCC)c3ccccc3)c3ccccc3)ccc21. The molecule has 288 valence electrons. The summed E-state index contributed by atoms with van der Waals surface area (Å²) in [7, 11) is 0. The van der Waals surface area contributed by atoms with E-state index in [1.54, 1.807) is 0 Å². The highest BCUT2D eigenvalue weighted by Crippen LogP contribution is 2.32. The van der Waals surface area contributed by atoms with Crippen molar-refractivity contribution in [2.45, 2.75) is 71.9 Å². The summed E-state index contributed by atoms with van der Waals surface area (Å²) >= 11 is 0. The van der Waals surface area contributed by atoms with Crippen LogP contribution >= 0.6 is 0 Å². The summed E-state index contributed by atoms with van der Waals surface area (Å²) in [5, 5.41) is 19.6. The average molecular weight is 751 g/mol. The van der Waals surface area contributed by atoms with Gasteiger partial charge in [0.05, 0.1) is 23.8 Å². The standard InChI is InChI=1S/C51H54N6/c1-3-5-32-54-48-26-16-14-24-44(48)46-36-40(28-30-50(46)54)38-52-56(42-20-10-7-11-21-42)34-18-9-19-35-57(43-22-12-8-13-23-43)53-39-41-29-31-51-47(37-41)45-25-15-17-27-49(45)55(51)33-6-4-2/h7-8,10-17,20-31,36-39H,3-6,9,18-19,32-35H2,1-2H3/b52-38+,53-39+. The molecule has 6 heteroatoms. The van der Waals surface area contributed by atoms with Crippen molar-refractivity contribution in [1.82, 2.24) is 9.13 Å². The number of hydrogen-bond donors (Lipinski definition) is 0. The van der Waals surface area contributed by atoms with E-state index >= 15 is 0 Å². The number of anilines is 2. The molecule has 0 unspecified atom stereocenters. The second-order valence-corrected chi connectivity index (χ2v) is 15.1. The van der Waals surface area contributed by atoms with Gasteiger partial charge in [0.15, 0.2) is 0 Å². The van der Waals surface area contributed by atoms with E-state index in [-0.39, 0.29) is 0 Å². The van der Waals surface area contributed by atoms with Crippen LogP contribution in [0.15, 0.2) is 156 Å². The van der Waals surface area contributed by atoms with E-state index in [1.807, 2.05) is 12.4 Å². The molecular formula is C51H54N6. The molecule has 0 atom stereocenters. The zero-order valence-electron chi connectivity index (χ0n) is 33.5. The Morgan fingerprint density at radius 1 is 0.421 bits per heavy atom. The third-order valence-electron chi connectivity index (χ3n) is 11.1. The molecule has 8 aromatic rings. The van der Waals surface area contributed by atoms with Gasteiger partial charge in [-0.15, -0.1) is 0 Å². The number of rotatable bonds is 18. The summed E-state index contributed by atoms with van der Waals surface area (Å²) in [4.78, 5) is 0. The zero-order valence-corrected chi connectivity index (χ0v) is 33.5. The Kier molecular flexibility index (Phi) is 12.1. The second kappa shape index (κ2) is 18.2. The molecule has 0 aliphatic carbocycles. The number of aromatic nitrogens is 2. The van der Waals surface area contributed by atoms with Crippen LogP contribution in [-0.2, 0) is 13.1 Å². The van der Waals surface area contributed by atoms with Gasteiger partial charge in [-0.05, 0) is 104 Å². The highest BCUT2D eigenvalue weighted by molar-refractivity contribution is 6.10. The highest BCUT2D eigenvalue weighted by atomic mass is 15.5. The molecule has 6 nitrogen and oxygen atoms in total. The third kappa shape index (κ3) is 8.51. The molecule has 0 aliphatic rings. The van der Waals surface area contributed by atoms with Crippen LogP contribution in [0.25, 0.3) is 43.6 Å². The number of hydrogen-bond acceptors (Lipinski definition) is 4. The fraction of sp³-hybridized carbons (Fsp3) is 0.255. The Balaban J connectivity index is 0.953. The van der Waals surface area contributed by atoms with Crippen LogP contribution in [0.5, 0.6) is 0 Å². The van der Waals surface area contributed by atoms with E-state index in [2.05, 4.69) is 179 Å². The minimum Gasteiger partial charge on any atom is -0.340 e. The number of aryl methyl sites for hydroxylation is 2. The molecule has 0 amide bonds. The van der Waals surface area contributed by atoms with Crippen LogP contribution in [0.1, 0.15) is 69.9 Å². The maximum Gasteiger partial charge on any atom is 0.0593 e. The number of para-hydroxylation sites is 4. The predicted molar refractivity (Wildman–Crippen MR) is 245 cm³/mol. The number of nitrogens with zero attached hydrogens (tertiary/aromatic N) is 6. The van der Waals surface area contributed by atoms with Crippen LogP contribution in [0.4, 0.5) is 11.4 Å². The fourth-order valence-corrected chi connectivity index (χ4v) is 8.10. The lowest BCUT2D eigenvalue weighted by Gasteiger charge is -2.21. The normalized spacial score (nSPS) is 12.0. The number of unbranched alkanes of at least 4 members (excludes halogenated alkanes) is 4. The molecule has 2 aromatic heterocycles. The van der Waals surface area contributed by atoms with E-state index in [0.29, 0.717) is 0 Å². The topological polar surface area (TPSA) is 41.1 Å². The molecule has 0 saturated heterocycles. The summed E-state index contributed by atoms with van der Waals surface area (Å²) in [6, 6.07) is 52.2. The average Bonchev–Trinajstić information content (AvgIpc) is 3.75. The molecule has 0 fully saturated rings. The summed E-state index contributed by atoms with van der Waals surface area (Å²) in [5.74, 6) is 0. The van der Waals surface area contributed by atoms with Gasteiger partial charge in [0.2, 0.25) is 0 Å². The van der Waals surface area contributed by atoms with Crippen molar-refractivity contribution < 1.29 is 0 Å². The maximum atomic E-state index is 5.07. The lowest BCUT2D eigenvalue weighted by molar-refractivity contribution is 0.648. The molecule has 0 N–H and O–H groups in total. The van der Waals surface area contributed by atoms with E-state index in [9.17, 15) is 0 Å². The molecule has 0 bridgehead atoms. The smallest absolute Gasteiger partial charge is 0.0593 e. The van der Waals surface area contributed by atoms with Gasteiger partial charge in [0, 0.05) is 69.8 Å². The van der Waals surface area contributed by atoms with Crippen LogP contribution in [-0.4, -0.2) is 34.7 Å². The van der Waals surface area contributed by atoms with Gasteiger partial charge in [0.25, 0.3) is 0 Å². The number of hydrazone groups is 2. The lowest BCUT2D eigenvalue weighted by Crippen LogP contribution is -2.20. The lowest BCUT2D eigenvalue weighted by atomic mass is 10.1. The quantitative estimate of drug-likeness (QED) is 0.0498. The third-order valence-corrected chi connectivity index (χ3v) is 11.1. The van der Waals surface area contributed by atoms with Gasteiger partial charge in [-0.25, -0.2) is 0 Å². The molecule has 0 radical (unpaired) electrons. The van der Waals surface area contributed by atoms with Crippen molar-refractivity contribution >= 4 is 67.4 Å². The van der Waals surface area contributed by atoms with Gasteiger partial charge >= 0.3 is 0 Å². The van der Waals surface area contributed by atoms with Crippen molar-refractivity contribution in [2.75, 3.05) is 23.1 Å². The second-order valence-electron chi connectivity index (χ2n) is 15.1. The molecule has 2 heterocycles. The zero-order chi connectivity index (χ0) is 38.8. The Hall–Kier alpha value is -6.14. The van der Waals surface area contributed by atoms with Crippen molar-refractivity contribution in [1.29, 1.82) is 0 Å². The van der Waals surface area contributed by atoms with Crippen LogP contribution in [0.2, 0.25) is 0 Å². The molecule has 8 rings (SSSR count). The monoisotopic (exact) mass is 750 g/mol. The van der Waals surface area contributed by atoms with Crippen LogP contribution in [0.3, 0.4) is 0 Å². The van der Waals surface area contributed by atoms with Gasteiger partial charge in [-0.1, -0.05) is 112 Å². The maximum absolute atomic E-state index is 5.07. The summed E-state index contributed by atoms with van der Waals surface area (Å²) in [5.41, 5.74) is 9.63. The van der Waals surface area contributed by atoms with Crippen molar-refractivity contribution in [3.8, 4) is 0 Å². The van der Waals surface area contributed by atoms with Crippen molar-refractivity contribution in [3.05, 3.63) is 157 Å². The molecule has 0 aliphatic heterocycles. The van der Waals surface area contributed by atoms with Crippen LogP contribution < -0.4 is 10.0 Å². The van der Waals surface area contributed by atoms with Crippen molar-refractivity contribution in [3.63, 3.8) is 0 Å². The first-order chi connectivity index (χ1) is 28.2. The molecule has 57 heavy (non-hydrogen) atoms. The van der Waals surface area contributed by atoms with Crippen molar-refractivity contribution in [2.24, 2.45) is 10.2 Å². The summed E-state index contributed by atoms with van der Waals surface area (Å²) in [6.45, 7) is 8.25. The highest BCUT2D eigenvalue weighted by Gasteiger charge is 2.13. The number of fused-ring (bicyclic) bond motifs is 6. The molecule has 0 saturated carbocycles. The minimum absolute atomic E-state index is 0.833. The van der Waals surface area contributed by atoms with Crippen LogP contribution in [0, 0.1) is 0 Å². The fourth-order valence-electron chi connectivity index (χ4n) is 8.10. The first-order valence-corrected chi connectivity index (χ1v) is 21.0. The predicted octanol–water partition coefficient (Wildman–Crippen LogP) is 13.1. The Morgan fingerprint density at radius 2 is 0.825 bits per heavy atom. The minimum atomic E-state index is 0.833.